The quantitative estimate of drug-likeness (QED) is 0.866. The Labute approximate surface area is 105 Å². The number of hydrogen-bond acceptors (Lipinski definition) is 3. The highest BCUT2D eigenvalue weighted by atomic mass is 16.3. The van der Waals surface area contributed by atoms with Gasteiger partial charge in [0.25, 0.3) is 5.91 Å². The molecule has 1 amide bonds. The van der Waals surface area contributed by atoms with Crippen molar-refractivity contribution >= 4 is 11.6 Å². The molecule has 0 spiro atoms. The number of carbonyl (C=O) groups is 1. The Hall–Kier alpha value is -2.20. The number of aliphatic hydroxyl groups excluding tert-OH is 1. The van der Waals surface area contributed by atoms with Crippen LogP contribution in [0.25, 0.3) is 0 Å². The van der Waals surface area contributed by atoms with Crippen molar-refractivity contribution < 1.29 is 9.90 Å². The average molecular weight is 242 g/mol. The molecule has 1 aromatic carbocycles. The van der Waals surface area contributed by atoms with Crippen LogP contribution in [0.15, 0.2) is 42.5 Å². The molecule has 0 aliphatic heterocycles. The van der Waals surface area contributed by atoms with Gasteiger partial charge in [0.05, 0.1) is 6.61 Å². The predicted octanol–water partition coefficient (Wildman–Crippen LogP) is 2.13. The number of rotatable bonds is 3. The summed E-state index contributed by atoms with van der Waals surface area (Å²) in [7, 11) is 0. The van der Waals surface area contributed by atoms with Crippen molar-refractivity contribution in [3.63, 3.8) is 0 Å². The van der Waals surface area contributed by atoms with Crippen LogP contribution in [0.4, 0.5) is 5.69 Å². The molecule has 0 unspecified atom stereocenters. The molecule has 0 aliphatic rings. The van der Waals surface area contributed by atoms with Crippen LogP contribution in [-0.2, 0) is 6.61 Å². The van der Waals surface area contributed by atoms with Crippen LogP contribution in [0.3, 0.4) is 0 Å². The van der Waals surface area contributed by atoms with Gasteiger partial charge in [-0.3, -0.25) is 4.79 Å². The first-order valence-corrected chi connectivity index (χ1v) is 5.64. The van der Waals surface area contributed by atoms with Crippen molar-refractivity contribution in [2.45, 2.75) is 13.5 Å². The minimum absolute atomic E-state index is 0.0492. The first-order valence-electron chi connectivity index (χ1n) is 5.64. The zero-order valence-corrected chi connectivity index (χ0v) is 10.1. The van der Waals surface area contributed by atoms with Gasteiger partial charge in [0, 0.05) is 11.4 Å². The normalized spacial score (nSPS) is 10.1. The molecule has 4 heteroatoms. The lowest BCUT2D eigenvalue weighted by molar-refractivity contribution is 0.102. The third-order valence-electron chi connectivity index (χ3n) is 2.49. The number of aromatic nitrogens is 1. The highest BCUT2D eigenvalue weighted by molar-refractivity contribution is 6.02. The third-order valence-corrected chi connectivity index (χ3v) is 2.49. The van der Waals surface area contributed by atoms with Gasteiger partial charge in [-0.2, -0.15) is 0 Å². The minimum Gasteiger partial charge on any atom is -0.392 e. The zero-order chi connectivity index (χ0) is 13.0. The van der Waals surface area contributed by atoms with E-state index in [1.807, 2.05) is 13.0 Å². The van der Waals surface area contributed by atoms with Gasteiger partial charge in [-0.1, -0.05) is 18.2 Å². The molecule has 92 valence electrons. The standard InChI is InChI=1S/C14H14N2O2/c1-10-4-2-7-13(15-10)14(18)16-12-6-3-5-11(8-12)9-17/h2-8,17H,9H2,1H3,(H,16,18). The van der Waals surface area contributed by atoms with Crippen LogP contribution < -0.4 is 5.32 Å². The van der Waals surface area contributed by atoms with Gasteiger partial charge < -0.3 is 10.4 Å². The van der Waals surface area contributed by atoms with Gasteiger partial charge in [-0.25, -0.2) is 4.98 Å². The maximum Gasteiger partial charge on any atom is 0.274 e. The summed E-state index contributed by atoms with van der Waals surface area (Å²) >= 11 is 0. The fraction of sp³-hybridized carbons (Fsp3) is 0.143. The van der Waals surface area contributed by atoms with E-state index >= 15 is 0 Å². The number of anilines is 1. The van der Waals surface area contributed by atoms with E-state index in [9.17, 15) is 4.79 Å². The van der Waals surface area contributed by atoms with Crippen LogP contribution in [0.5, 0.6) is 0 Å². The lowest BCUT2D eigenvalue weighted by Gasteiger charge is -2.06. The van der Waals surface area contributed by atoms with Crippen molar-refractivity contribution in [3.05, 3.63) is 59.4 Å². The monoisotopic (exact) mass is 242 g/mol. The first kappa shape index (κ1) is 12.3. The Balaban J connectivity index is 2.16. The summed E-state index contributed by atoms with van der Waals surface area (Å²) in [5, 5.41) is 11.8. The molecular formula is C14H14N2O2. The maximum atomic E-state index is 11.9. The number of pyridine rings is 1. The molecule has 0 saturated carbocycles. The Morgan fingerprint density at radius 2 is 2.06 bits per heavy atom. The highest BCUT2D eigenvalue weighted by Gasteiger charge is 2.07. The summed E-state index contributed by atoms with van der Waals surface area (Å²) in [6.07, 6.45) is 0. The van der Waals surface area contributed by atoms with E-state index in [2.05, 4.69) is 10.3 Å². The number of carbonyl (C=O) groups excluding carboxylic acids is 1. The topological polar surface area (TPSA) is 62.2 Å². The van der Waals surface area contributed by atoms with E-state index in [0.29, 0.717) is 11.4 Å². The van der Waals surface area contributed by atoms with Gasteiger partial charge in [0.1, 0.15) is 5.69 Å². The maximum absolute atomic E-state index is 11.9. The van der Waals surface area contributed by atoms with E-state index in [1.54, 1.807) is 36.4 Å². The van der Waals surface area contributed by atoms with E-state index in [-0.39, 0.29) is 12.5 Å². The molecule has 0 saturated heterocycles. The van der Waals surface area contributed by atoms with Gasteiger partial charge in [-0.15, -0.1) is 0 Å². The van der Waals surface area contributed by atoms with Crippen LogP contribution in [0.1, 0.15) is 21.7 Å². The fourth-order valence-corrected chi connectivity index (χ4v) is 1.61. The van der Waals surface area contributed by atoms with Crippen molar-refractivity contribution in [2.75, 3.05) is 5.32 Å². The molecule has 0 atom stereocenters. The zero-order valence-electron chi connectivity index (χ0n) is 10.1. The smallest absolute Gasteiger partial charge is 0.274 e. The lowest BCUT2D eigenvalue weighted by Crippen LogP contribution is -2.14. The second-order valence-corrected chi connectivity index (χ2v) is 3.98. The second-order valence-electron chi connectivity index (χ2n) is 3.98. The summed E-state index contributed by atoms with van der Waals surface area (Å²) in [5.41, 5.74) is 2.58. The Bertz CT molecular complexity index is 567. The lowest BCUT2D eigenvalue weighted by atomic mass is 10.2. The minimum atomic E-state index is -0.256. The summed E-state index contributed by atoms with van der Waals surface area (Å²) < 4.78 is 0. The molecule has 0 aliphatic carbocycles. The summed E-state index contributed by atoms with van der Waals surface area (Å²) in [6.45, 7) is 1.79. The summed E-state index contributed by atoms with van der Waals surface area (Å²) in [5.74, 6) is -0.256. The van der Waals surface area contributed by atoms with E-state index in [1.165, 1.54) is 0 Å². The number of aliphatic hydroxyl groups is 1. The average Bonchev–Trinajstić information content (AvgIpc) is 2.39. The molecule has 2 N–H and O–H groups in total. The SMILES string of the molecule is Cc1cccc(C(=O)Nc2cccc(CO)c2)n1. The molecule has 2 aromatic rings. The van der Waals surface area contributed by atoms with Gasteiger partial charge in [-0.05, 0) is 36.8 Å². The van der Waals surface area contributed by atoms with Crippen LogP contribution in [0.2, 0.25) is 0 Å². The van der Waals surface area contributed by atoms with Crippen molar-refractivity contribution in [2.24, 2.45) is 0 Å². The summed E-state index contributed by atoms with van der Waals surface area (Å²) in [6, 6.07) is 12.4. The largest absolute Gasteiger partial charge is 0.392 e. The molecule has 1 aromatic heterocycles. The predicted molar refractivity (Wildman–Crippen MR) is 69.3 cm³/mol. The van der Waals surface area contributed by atoms with Crippen molar-refractivity contribution in [1.29, 1.82) is 0 Å². The molecule has 2 rings (SSSR count). The van der Waals surface area contributed by atoms with E-state index < -0.39 is 0 Å². The second kappa shape index (κ2) is 5.42. The highest BCUT2D eigenvalue weighted by Crippen LogP contribution is 2.11. The number of amides is 1. The van der Waals surface area contributed by atoms with Crippen LogP contribution in [-0.4, -0.2) is 16.0 Å². The molecule has 1 heterocycles. The third kappa shape index (κ3) is 2.93. The molecule has 0 bridgehead atoms. The number of nitrogens with one attached hydrogen (secondary N) is 1. The number of aryl methyl sites for hydroxylation is 1. The number of hydrogen-bond donors (Lipinski definition) is 2. The van der Waals surface area contributed by atoms with Crippen LogP contribution >= 0.6 is 0 Å². The summed E-state index contributed by atoms with van der Waals surface area (Å²) in [4.78, 5) is 16.1. The van der Waals surface area contributed by atoms with E-state index in [4.69, 9.17) is 5.11 Å². The number of benzene rings is 1. The van der Waals surface area contributed by atoms with Crippen molar-refractivity contribution in [3.8, 4) is 0 Å². The van der Waals surface area contributed by atoms with E-state index in [0.717, 1.165) is 11.3 Å². The molecule has 4 nitrogen and oxygen atoms in total. The van der Waals surface area contributed by atoms with Gasteiger partial charge in [0.15, 0.2) is 0 Å². The molecule has 0 radical (unpaired) electrons. The molecule has 0 fully saturated rings. The Morgan fingerprint density at radius 1 is 1.28 bits per heavy atom. The van der Waals surface area contributed by atoms with Crippen LogP contribution in [0, 0.1) is 6.92 Å². The molecular weight excluding hydrogens is 228 g/mol. The number of nitrogens with zero attached hydrogens (tertiary/aromatic N) is 1. The van der Waals surface area contributed by atoms with Gasteiger partial charge in [0.2, 0.25) is 0 Å². The Morgan fingerprint density at radius 3 is 2.78 bits per heavy atom. The fourth-order valence-electron chi connectivity index (χ4n) is 1.61. The Kier molecular flexibility index (Phi) is 3.69. The molecule has 18 heavy (non-hydrogen) atoms. The first-order chi connectivity index (χ1) is 8.69. The van der Waals surface area contributed by atoms with Crippen molar-refractivity contribution in [1.82, 2.24) is 4.98 Å². The van der Waals surface area contributed by atoms with Gasteiger partial charge >= 0.3 is 0 Å².